The van der Waals surface area contributed by atoms with Crippen LogP contribution in [0, 0.1) is 13.8 Å². The van der Waals surface area contributed by atoms with E-state index in [9.17, 15) is 0 Å². The molecule has 2 aromatic heterocycles. The smallest absolute Gasteiger partial charge is 0.163 e. The van der Waals surface area contributed by atoms with E-state index in [1.54, 1.807) is 14.2 Å². The van der Waals surface area contributed by atoms with E-state index >= 15 is 0 Å². The first-order chi connectivity index (χ1) is 15.0. The van der Waals surface area contributed by atoms with Crippen LogP contribution in [0.3, 0.4) is 0 Å². The van der Waals surface area contributed by atoms with Crippen molar-refractivity contribution in [1.82, 2.24) is 20.2 Å². The third kappa shape index (κ3) is 4.46. The van der Waals surface area contributed by atoms with Gasteiger partial charge in [-0.2, -0.15) is 5.10 Å². The van der Waals surface area contributed by atoms with Crippen LogP contribution < -0.4 is 14.8 Å². The molecule has 0 saturated heterocycles. The van der Waals surface area contributed by atoms with Gasteiger partial charge in [-0.05, 0) is 55.8 Å². The second kappa shape index (κ2) is 8.65. The number of halogens is 1. The topological polar surface area (TPSA) is 85.0 Å². The van der Waals surface area contributed by atoms with Crippen LogP contribution in [0.4, 0.5) is 11.6 Å². The number of anilines is 2. The number of aromatic amines is 1. The lowest BCUT2D eigenvalue weighted by Crippen LogP contribution is -2.00. The van der Waals surface area contributed by atoms with Gasteiger partial charge in [0.25, 0.3) is 0 Å². The minimum absolute atomic E-state index is 0.566. The van der Waals surface area contributed by atoms with E-state index in [1.807, 2.05) is 62.4 Å². The molecule has 2 N–H and O–H groups in total. The van der Waals surface area contributed by atoms with Crippen LogP contribution in [0.2, 0.25) is 5.02 Å². The lowest BCUT2D eigenvalue weighted by atomic mass is 10.1. The minimum atomic E-state index is 0.566. The van der Waals surface area contributed by atoms with E-state index < -0.39 is 0 Å². The lowest BCUT2D eigenvalue weighted by Gasteiger charge is -2.14. The Morgan fingerprint density at radius 1 is 0.871 bits per heavy atom. The molecule has 0 spiro atoms. The van der Waals surface area contributed by atoms with Gasteiger partial charge in [0.05, 0.1) is 19.9 Å². The van der Waals surface area contributed by atoms with E-state index in [1.165, 1.54) is 0 Å². The van der Waals surface area contributed by atoms with Crippen LogP contribution in [-0.4, -0.2) is 34.4 Å². The van der Waals surface area contributed by atoms with Crippen LogP contribution in [-0.2, 0) is 0 Å². The summed E-state index contributed by atoms with van der Waals surface area (Å²) in [6, 6.07) is 15.1. The number of nitrogens with one attached hydrogen (secondary N) is 2. The number of hydrogen-bond donors (Lipinski definition) is 2. The monoisotopic (exact) mass is 435 g/mol. The molecule has 7 nitrogen and oxygen atoms in total. The van der Waals surface area contributed by atoms with Gasteiger partial charge in [-0.1, -0.05) is 11.6 Å². The van der Waals surface area contributed by atoms with Gasteiger partial charge in [0.15, 0.2) is 23.1 Å². The maximum atomic E-state index is 6.06. The highest BCUT2D eigenvalue weighted by Gasteiger charge is 2.15. The maximum absolute atomic E-state index is 6.06. The van der Waals surface area contributed by atoms with E-state index in [0.717, 1.165) is 28.1 Å². The van der Waals surface area contributed by atoms with E-state index in [-0.39, 0.29) is 0 Å². The molecule has 158 valence electrons. The molecular formula is C23H22ClN5O2. The summed E-state index contributed by atoms with van der Waals surface area (Å²) in [7, 11) is 3.24. The number of rotatable bonds is 6. The largest absolute Gasteiger partial charge is 0.493 e. The summed E-state index contributed by atoms with van der Waals surface area (Å²) in [6.45, 7) is 3.91. The normalized spacial score (nSPS) is 10.7. The van der Waals surface area contributed by atoms with Gasteiger partial charge in [0.1, 0.15) is 5.82 Å². The van der Waals surface area contributed by atoms with Crippen molar-refractivity contribution < 1.29 is 9.47 Å². The summed E-state index contributed by atoms with van der Waals surface area (Å²) in [5, 5.41) is 11.1. The third-order valence-corrected chi connectivity index (χ3v) is 5.00. The number of H-pyrrole nitrogens is 1. The second-order valence-electron chi connectivity index (χ2n) is 7.06. The number of nitrogens with zero attached hydrogens (tertiary/aromatic N) is 3. The van der Waals surface area contributed by atoms with Gasteiger partial charge in [-0.25, -0.2) is 9.97 Å². The Bertz CT molecular complexity index is 1220. The van der Waals surface area contributed by atoms with Crippen LogP contribution in [0.5, 0.6) is 11.5 Å². The molecule has 0 bridgehead atoms. The molecule has 31 heavy (non-hydrogen) atoms. The van der Waals surface area contributed by atoms with Crippen molar-refractivity contribution in [2.45, 2.75) is 13.8 Å². The zero-order valence-electron chi connectivity index (χ0n) is 17.7. The van der Waals surface area contributed by atoms with Crippen LogP contribution in [0.1, 0.15) is 11.3 Å². The summed E-state index contributed by atoms with van der Waals surface area (Å²) in [6.07, 6.45) is 0. The average Bonchev–Trinajstić information content (AvgIpc) is 3.17. The molecule has 0 fully saturated rings. The zero-order valence-corrected chi connectivity index (χ0v) is 18.4. The van der Waals surface area contributed by atoms with Crippen LogP contribution in [0.15, 0.2) is 48.5 Å². The Hall–Kier alpha value is -3.58. The average molecular weight is 436 g/mol. The zero-order chi connectivity index (χ0) is 22.0. The molecule has 0 radical (unpaired) electrons. The molecule has 0 aliphatic heterocycles. The number of ether oxygens (including phenoxy) is 2. The first-order valence-electron chi connectivity index (χ1n) is 9.64. The molecule has 0 atom stereocenters. The molecule has 0 saturated carbocycles. The van der Waals surface area contributed by atoms with Crippen LogP contribution >= 0.6 is 11.6 Å². The Balaban J connectivity index is 1.84. The predicted octanol–water partition coefficient (Wildman–Crippen LogP) is 5.56. The molecule has 0 aliphatic carbocycles. The summed E-state index contributed by atoms with van der Waals surface area (Å²) in [5.41, 5.74) is 4.36. The Kier molecular flexibility index (Phi) is 5.77. The standard InChI is InChI=1S/C23H22ClN5O2/c1-13-9-16(11-19(30-3)22(13)31-4)18-12-20(26-21-10-14(2)28-29-21)27-23(25-18)15-5-7-17(24)8-6-15/h5-12H,1-4H3,(H2,25,26,27,28,29). The Morgan fingerprint density at radius 2 is 1.65 bits per heavy atom. The van der Waals surface area contributed by atoms with Crippen molar-refractivity contribution in [3.63, 3.8) is 0 Å². The molecule has 8 heteroatoms. The number of aromatic nitrogens is 4. The fourth-order valence-corrected chi connectivity index (χ4v) is 3.43. The van der Waals surface area contributed by atoms with E-state index in [0.29, 0.717) is 34.0 Å². The number of benzene rings is 2. The van der Waals surface area contributed by atoms with Gasteiger partial charge >= 0.3 is 0 Å². The molecule has 0 aliphatic rings. The van der Waals surface area contributed by atoms with Gasteiger partial charge < -0.3 is 14.8 Å². The fraction of sp³-hybridized carbons (Fsp3) is 0.174. The van der Waals surface area contributed by atoms with E-state index in [4.69, 9.17) is 26.1 Å². The molecule has 4 aromatic rings. The number of aryl methyl sites for hydroxylation is 2. The summed E-state index contributed by atoms with van der Waals surface area (Å²) >= 11 is 6.06. The molecular weight excluding hydrogens is 414 g/mol. The molecule has 2 heterocycles. The number of hydrogen-bond acceptors (Lipinski definition) is 6. The van der Waals surface area contributed by atoms with Gasteiger partial charge in [0, 0.05) is 34.0 Å². The van der Waals surface area contributed by atoms with E-state index in [2.05, 4.69) is 20.5 Å². The van der Waals surface area contributed by atoms with Gasteiger partial charge in [-0.15, -0.1) is 0 Å². The third-order valence-electron chi connectivity index (χ3n) is 4.75. The SMILES string of the molecule is COc1cc(-c2cc(Nc3cc(C)[nH]n3)nc(-c3ccc(Cl)cc3)n2)cc(C)c1OC. The second-order valence-corrected chi connectivity index (χ2v) is 7.50. The summed E-state index contributed by atoms with van der Waals surface area (Å²) in [5.74, 6) is 3.20. The van der Waals surface area contributed by atoms with Crippen molar-refractivity contribution in [3.05, 3.63) is 64.8 Å². The molecule has 0 unspecified atom stereocenters. The highest BCUT2D eigenvalue weighted by Crippen LogP contribution is 2.36. The fourth-order valence-electron chi connectivity index (χ4n) is 3.30. The number of methoxy groups -OCH3 is 2. The first-order valence-corrected chi connectivity index (χ1v) is 10.0. The van der Waals surface area contributed by atoms with Crippen molar-refractivity contribution in [1.29, 1.82) is 0 Å². The first kappa shape index (κ1) is 20.7. The Labute approximate surface area is 185 Å². The lowest BCUT2D eigenvalue weighted by molar-refractivity contribution is 0.353. The van der Waals surface area contributed by atoms with Gasteiger partial charge in [-0.3, -0.25) is 5.10 Å². The van der Waals surface area contributed by atoms with Crippen molar-refractivity contribution >= 4 is 23.2 Å². The Morgan fingerprint density at radius 3 is 2.29 bits per heavy atom. The van der Waals surface area contributed by atoms with Crippen LogP contribution in [0.25, 0.3) is 22.6 Å². The maximum Gasteiger partial charge on any atom is 0.163 e. The molecule has 4 rings (SSSR count). The minimum Gasteiger partial charge on any atom is -0.493 e. The summed E-state index contributed by atoms with van der Waals surface area (Å²) in [4.78, 5) is 9.49. The highest BCUT2D eigenvalue weighted by molar-refractivity contribution is 6.30. The van der Waals surface area contributed by atoms with Crippen molar-refractivity contribution in [2.75, 3.05) is 19.5 Å². The predicted molar refractivity (Wildman–Crippen MR) is 122 cm³/mol. The molecule has 2 aromatic carbocycles. The molecule has 0 amide bonds. The highest BCUT2D eigenvalue weighted by atomic mass is 35.5. The quantitative estimate of drug-likeness (QED) is 0.412. The summed E-state index contributed by atoms with van der Waals surface area (Å²) < 4.78 is 11.0. The van der Waals surface area contributed by atoms with Crippen molar-refractivity contribution in [3.8, 4) is 34.1 Å². The van der Waals surface area contributed by atoms with Gasteiger partial charge in [0.2, 0.25) is 0 Å². The van der Waals surface area contributed by atoms with Crippen molar-refractivity contribution in [2.24, 2.45) is 0 Å².